The van der Waals surface area contributed by atoms with E-state index < -0.39 is 22.9 Å². The molecule has 0 saturated heterocycles. The standard InChI is InChI=1S/C17H13F3N4OS2/c18-17(19,20)11-7-4-8-12(9-11)22-14(25)13(10-5-2-1-3-6-10)26-16-24-23-15(21)27-16/h1-9,13H,(H2,21,23)(H,22,25). The van der Waals surface area contributed by atoms with Gasteiger partial charge in [0.25, 0.3) is 0 Å². The normalized spacial score (nSPS) is 12.6. The van der Waals surface area contributed by atoms with Crippen LogP contribution < -0.4 is 11.1 Å². The van der Waals surface area contributed by atoms with Crippen molar-refractivity contribution in [3.8, 4) is 0 Å². The molecule has 0 radical (unpaired) electrons. The molecule has 0 aliphatic carbocycles. The molecular formula is C17H13F3N4OS2. The van der Waals surface area contributed by atoms with Crippen LogP contribution >= 0.6 is 23.1 Å². The van der Waals surface area contributed by atoms with Crippen LogP contribution in [0.1, 0.15) is 16.4 Å². The molecule has 3 N–H and O–H groups in total. The molecular weight excluding hydrogens is 397 g/mol. The molecule has 2 aromatic carbocycles. The van der Waals surface area contributed by atoms with Gasteiger partial charge in [-0.15, -0.1) is 10.2 Å². The quantitative estimate of drug-likeness (QED) is 0.601. The summed E-state index contributed by atoms with van der Waals surface area (Å²) in [6, 6.07) is 13.4. The van der Waals surface area contributed by atoms with E-state index in [0.717, 1.165) is 35.2 Å². The maximum Gasteiger partial charge on any atom is 0.416 e. The van der Waals surface area contributed by atoms with Crippen molar-refractivity contribution in [3.63, 3.8) is 0 Å². The number of carbonyl (C=O) groups excluding carboxylic acids is 1. The minimum Gasteiger partial charge on any atom is -0.374 e. The first-order valence-corrected chi connectivity index (χ1v) is 9.31. The van der Waals surface area contributed by atoms with Crippen LogP contribution in [0.15, 0.2) is 58.9 Å². The largest absolute Gasteiger partial charge is 0.416 e. The Kier molecular flexibility index (Phi) is 5.66. The van der Waals surface area contributed by atoms with Crippen molar-refractivity contribution in [1.82, 2.24) is 10.2 Å². The van der Waals surface area contributed by atoms with Gasteiger partial charge in [-0.2, -0.15) is 13.2 Å². The van der Waals surface area contributed by atoms with E-state index in [1.807, 2.05) is 0 Å². The van der Waals surface area contributed by atoms with Gasteiger partial charge in [0.2, 0.25) is 11.0 Å². The zero-order valence-corrected chi connectivity index (χ0v) is 15.2. The Morgan fingerprint density at radius 3 is 2.48 bits per heavy atom. The summed E-state index contributed by atoms with van der Waals surface area (Å²) in [4.78, 5) is 12.8. The van der Waals surface area contributed by atoms with Gasteiger partial charge in [0.15, 0.2) is 4.34 Å². The smallest absolute Gasteiger partial charge is 0.374 e. The van der Waals surface area contributed by atoms with Crippen LogP contribution in [-0.4, -0.2) is 16.1 Å². The number of nitrogens with zero attached hydrogens (tertiary/aromatic N) is 2. The highest BCUT2D eigenvalue weighted by Crippen LogP contribution is 2.38. The van der Waals surface area contributed by atoms with Gasteiger partial charge in [0.05, 0.1) is 5.56 Å². The van der Waals surface area contributed by atoms with Crippen LogP contribution in [0.3, 0.4) is 0 Å². The molecule has 3 aromatic rings. The van der Waals surface area contributed by atoms with Crippen LogP contribution in [0.5, 0.6) is 0 Å². The summed E-state index contributed by atoms with van der Waals surface area (Å²) in [6.07, 6.45) is -4.49. The van der Waals surface area contributed by atoms with Crippen molar-refractivity contribution < 1.29 is 18.0 Å². The molecule has 1 unspecified atom stereocenters. The van der Waals surface area contributed by atoms with Crippen LogP contribution in [0.25, 0.3) is 0 Å². The molecule has 1 heterocycles. The highest BCUT2D eigenvalue weighted by Gasteiger charge is 2.31. The Morgan fingerprint density at radius 1 is 1.11 bits per heavy atom. The number of nitrogen functional groups attached to an aromatic ring is 1. The summed E-state index contributed by atoms with van der Waals surface area (Å²) in [7, 11) is 0. The number of aromatic nitrogens is 2. The van der Waals surface area contributed by atoms with Crippen molar-refractivity contribution in [2.24, 2.45) is 0 Å². The van der Waals surface area contributed by atoms with Gasteiger partial charge >= 0.3 is 6.18 Å². The molecule has 27 heavy (non-hydrogen) atoms. The van der Waals surface area contributed by atoms with Gasteiger partial charge in [-0.25, -0.2) is 0 Å². The summed E-state index contributed by atoms with van der Waals surface area (Å²) >= 11 is 2.26. The van der Waals surface area contributed by atoms with Gasteiger partial charge < -0.3 is 11.1 Å². The fourth-order valence-electron chi connectivity index (χ4n) is 2.25. The number of anilines is 2. The SMILES string of the molecule is Nc1nnc(SC(C(=O)Nc2cccc(C(F)(F)F)c2)c2ccccc2)s1. The van der Waals surface area contributed by atoms with E-state index in [0.29, 0.717) is 9.90 Å². The van der Waals surface area contributed by atoms with E-state index in [4.69, 9.17) is 5.73 Å². The third-order valence-electron chi connectivity index (χ3n) is 3.44. The molecule has 0 bridgehead atoms. The van der Waals surface area contributed by atoms with E-state index >= 15 is 0 Å². The van der Waals surface area contributed by atoms with Gasteiger partial charge in [-0.3, -0.25) is 4.79 Å². The Balaban J connectivity index is 1.85. The topological polar surface area (TPSA) is 80.9 Å². The number of alkyl halides is 3. The number of carbonyl (C=O) groups is 1. The highest BCUT2D eigenvalue weighted by molar-refractivity contribution is 8.02. The number of nitrogens with one attached hydrogen (secondary N) is 1. The average molecular weight is 410 g/mol. The third kappa shape index (κ3) is 4.98. The zero-order chi connectivity index (χ0) is 19.4. The monoisotopic (exact) mass is 410 g/mol. The number of hydrogen-bond acceptors (Lipinski definition) is 6. The highest BCUT2D eigenvalue weighted by atomic mass is 32.2. The van der Waals surface area contributed by atoms with E-state index in [9.17, 15) is 18.0 Å². The van der Waals surface area contributed by atoms with Crippen LogP contribution in [0.2, 0.25) is 0 Å². The van der Waals surface area contributed by atoms with Gasteiger partial charge in [0, 0.05) is 5.69 Å². The number of amides is 1. The number of thioether (sulfide) groups is 1. The van der Waals surface area contributed by atoms with Gasteiger partial charge in [-0.1, -0.05) is 59.5 Å². The number of rotatable bonds is 5. The van der Waals surface area contributed by atoms with E-state index in [2.05, 4.69) is 15.5 Å². The molecule has 140 valence electrons. The van der Waals surface area contributed by atoms with Gasteiger partial charge in [0.1, 0.15) is 5.25 Å². The summed E-state index contributed by atoms with van der Waals surface area (Å²) in [5.41, 5.74) is 5.49. The molecule has 0 aliphatic rings. The second-order valence-electron chi connectivity index (χ2n) is 5.38. The number of nitrogens with two attached hydrogens (primary N) is 1. The molecule has 0 fully saturated rings. The lowest BCUT2D eigenvalue weighted by atomic mass is 10.1. The lowest BCUT2D eigenvalue weighted by Crippen LogP contribution is -2.19. The first-order chi connectivity index (χ1) is 12.8. The molecule has 0 saturated carbocycles. The van der Waals surface area contributed by atoms with Crippen molar-refractivity contribution in [3.05, 3.63) is 65.7 Å². The van der Waals surface area contributed by atoms with Crippen LogP contribution in [-0.2, 0) is 11.0 Å². The van der Waals surface area contributed by atoms with Gasteiger partial charge in [-0.05, 0) is 23.8 Å². The van der Waals surface area contributed by atoms with Crippen molar-refractivity contribution >= 4 is 39.8 Å². The molecule has 10 heteroatoms. The summed E-state index contributed by atoms with van der Waals surface area (Å²) in [5, 5.41) is 9.69. The number of halogens is 3. The first-order valence-electron chi connectivity index (χ1n) is 7.61. The Bertz CT molecular complexity index is 931. The summed E-state index contributed by atoms with van der Waals surface area (Å²) in [6.45, 7) is 0. The maximum atomic E-state index is 12.9. The second kappa shape index (κ2) is 7.97. The molecule has 5 nitrogen and oxygen atoms in total. The van der Waals surface area contributed by atoms with E-state index in [-0.39, 0.29) is 10.8 Å². The first kappa shape index (κ1) is 19.2. The predicted octanol–water partition coefficient (Wildman–Crippen LogP) is 4.61. The predicted molar refractivity (Wildman–Crippen MR) is 99.4 cm³/mol. The van der Waals surface area contributed by atoms with Crippen molar-refractivity contribution in [2.75, 3.05) is 11.1 Å². The lowest BCUT2D eigenvalue weighted by Gasteiger charge is -2.16. The Labute approximate surface area is 160 Å². The number of hydrogen-bond donors (Lipinski definition) is 2. The molecule has 1 amide bonds. The third-order valence-corrected chi connectivity index (χ3v) is 5.53. The lowest BCUT2D eigenvalue weighted by molar-refractivity contribution is -0.137. The van der Waals surface area contributed by atoms with Crippen LogP contribution in [0, 0.1) is 0 Å². The molecule has 0 aliphatic heterocycles. The number of benzene rings is 2. The zero-order valence-electron chi connectivity index (χ0n) is 13.6. The summed E-state index contributed by atoms with van der Waals surface area (Å²) < 4.78 is 39.1. The minimum absolute atomic E-state index is 0.0631. The van der Waals surface area contributed by atoms with Crippen molar-refractivity contribution in [2.45, 2.75) is 15.8 Å². The average Bonchev–Trinajstić information content (AvgIpc) is 3.05. The fraction of sp³-hybridized carbons (Fsp3) is 0.118. The maximum absolute atomic E-state index is 12.9. The van der Waals surface area contributed by atoms with Crippen LogP contribution in [0.4, 0.5) is 24.0 Å². The molecule has 1 atom stereocenters. The molecule has 3 rings (SSSR count). The minimum atomic E-state index is -4.49. The van der Waals surface area contributed by atoms with Crippen molar-refractivity contribution in [1.29, 1.82) is 0 Å². The fourth-order valence-corrected chi connectivity index (χ4v) is 4.08. The second-order valence-corrected chi connectivity index (χ2v) is 7.74. The molecule has 0 spiro atoms. The van der Waals surface area contributed by atoms with E-state index in [1.54, 1.807) is 30.3 Å². The Morgan fingerprint density at radius 2 is 1.85 bits per heavy atom. The van der Waals surface area contributed by atoms with E-state index in [1.165, 1.54) is 12.1 Å². The summed E-state index contributed by atoms with van der Waals surface area (Å²) in [5.74, 6) is -0.473. The molecule has 1 aromatic heterocycles. The Hall–Kier alpha value is -2.59.